The quantitative estimate of drug-likeness (QED) is 0.353. The summed E-state index contributed by atoms with van der Waals surface area (Å²) in [6, 6.07) is 13.1. The van der Waals surface area contributed by atoms with Crippen molar-refractivity contribution in [2.24, 2.45) is 0 Å². The number of anilines is 1. The molecule has 1 amide bonds. The summed E-state index contributed by atoms with van der Waals surface area (Å²) in [5, 5.41) is 2.11. The van der Waals surface area contributed by atoms with Crippen molar-refractivity contribution in [3.63, 3.8) is 0 Å². The second-order valence-electron chi connectivity index (χ2n) is 10.3. The monoisotopic (exact) mass is 528 g/mol. The van der Waals surface area contributed by atoms with Gasteiger partial charge in [0.05, 0.1) is 24.3 Å². The molecule has 0 radical (unpaired) electrons. The largest absolute Gasteiger partial charge is 0.451 e. The van der Waals surface area contributed by atoms with Gasteiger partial charge in [-0.15, -0.1) is 0 Å². The lowest BCUT2D eigenvalue weighted by molar-refractivity contribution is 0.0302. The Labute approximate surface area is 224 Å². The van der Waals surface area contributed by atoms with Crippen LogP contribution in [0.3, 0.4) is 0 Å². The van der Waals surface area contributed by atoms with Crippen molar-refractivity contribution in [2.45, 2.75) is 6.92 Å². The van der Waals surface area contributed by atoms with Crippen LogP contribution in [0.5, 0.6) is 11.5 Å². The zero-order valence-corrected chi connectivity index (χ0v) is 21.8. The summed E-state index contributed by atoms with van der Waals surface area (Å²) in [6.45, 7) is 7.64. The third kappa shape index (κ3) is 3.87. The van der Waals surface area contributed by atoms with Crippen LogP contribution in [-0.2, 0) is 4.74 Å². The van der Waals surface area contributed by atoms with E-state index in [4.69, 9.17) is 9.47 Å². The van der Waals surface area contributed by atoms with Crippen molar-refractivity contribution in [1.82, 2.24) is 14.4 Å². The Balaban J connectivity index is 1.48. The first-order chi connectivity index (χ1) is 19.0. The molecule has 9 heteroatoms. The van der Waals surface area contributed by atoms with Gasteiger partial charge in [-0.2, -0.15) is 0 Å². The standard InChI is InChI=1S/C30H29FN4O4/c1-2-32-7-9-33(10-8-32)27-23(31)17-21-26-29(27)39-25-16-20-6-4-3-5-19(20)15-24(25)35(26)18-22(28(21)36)30(37)34-11-13-38-14-12-34/h3-6,15-18H,2,7-14H2,1H3. The van der Waals surface area contributed by atoms with Crippen LogP contribution >= 0.6 is 0 Å². The predicted molar refractivity (Wildman–Crippen MR) is 148 cm³/mol. The number of rotatable bonds is 3. The number of amides is 1. The van der Waals surface area contributed by atoms with Gasteiger partial charge in [-0.3, -0.25) is 9.59 Å². The number of ether oxygens (including phenoxy) is 2. The highest BCUT2D eigenvalue weighted by Crippen LogP contribution is 2.47. The molecule has 0 aliphatic carbocycles. The minimum atomic E-state index is -0.522. The maximum atomic E-state index is 16.0. The zero-order valence-electron chi connectivity index (χ0n) is 21.8. The minimum Gasteiger partial charge on any atom is -0.451 e. The van der Waals surface area contributed by atoms with Gasteiger partial charge >= 0.3 is 0 Å². The average Bonchev–Trinajstić information content (AvgIpc) is 2.97. The molecule has 7 rings (SSSR count). The van der Waals surface area contributed by atoms with Crippen LogP contribution in [0.4, 0.5) is 10.1 Å². The summed E-state index contributed by atoms with van der Waals surface area (Å²) in [6.07, 6.45) is 1.61. The molecule has 4 aromatic rings. The van der Waals surface area contributed by atoms with E-state index in [-0.39, 0.29) is 16.9 Å². The molecule has 0 unspecified atom stereocenters. The number of nitrogens with zero attached hydrogens (tertiary/aromatic N) is 4. The third-order valence-electron chi connectivity index (χ3n) is 8.13. The van der Waals surface area contributed by atoms with Gasteiger partial charge in [0.1, 0.15) is 16.8 Å². The van der Waals surface area contributed by atoms with Gasteiger partial charge in [0, 0.05) is 45.5 Å². The lowest BCUT2D eigenvalue weighted by atomic mass is 10.0. The lowest BCUT2D eigenvalue weighted by Gasteiger charge is -2.37. The molecule has 39 heavy (non-hydrogen) atoms. The number of fused-ring (bicyclic) bond motifs is 3. The van der Waals surface area contributed by atoms with Crippen LogP contribution in [0.25, 0.3) is 27.4 Å². The van der Waals surface area contributed by atoms with E-state index in [2.05, 4.69) is 11.8 Å². The van der Waals surface area contributed by atoms with E-state index >= 15 is 4.39 Å². The molecule has 2 fully saturated rings. The summed E-state index contributed by atoms with van der Waals surface area (Å²) < 4.78 is 29.7. The van der Waals surface area contributed by atoms with Gasteiger partial charge in [-0.25, -0.2) is 4.39 Å². The van der Waals surface area contributed by atoms with Gasteiger partial charge in [0.2, 0.25) is 5.43 Å². The summed E-state index contributed by atoms with van der Waals surface area (Å²) in [7, 11) is 0. The molecule has 3 aliphatic rings. The Morgan fingerprint density at radius 2 is 1.69 bits per heavy atom. The first-order valence-corrected chi connectivity index (χ1v) is 13.5. The van der Waals surface area contributed by atoms with Crippen molar-refractivity contribution < 1.29 is 18.7 Å². The Bertz CT molecular complexity index is 1690. The minimum absolute atomic E-state index is 0.0140. The maximum absolute atomic E-state index is 16.0. The number of hydrogen-bond acceptors (Lipinski definition) is 6. The van der Waals surface area contributed by atoms with Crippen molar-refractivity contribution in [2.75, 3.05) is 63.9 Å². The molecule has 3 aromatic carbocycles. The number of piperazine rings is 1. The molecule has 0 bridgehead atoms. The zero-order chi connectivity index (χ0) is 26.7. The summed E-state index contributed by atoms with van der Waals surface area (Å²) in [5.41, 5.74) is 1.07. The summed E-state index contributed by atoms with van der Waals surface area (Å²) in [5.74, 6) is -0.0222. The van der Waals surface area contributed by atoms with E-state index in [0.717, 1.165) is 30.4 Å². The molecule has 0 saturated carbocycles. The Kier molecular flexibility index (Phi) is 5.79. The number of carbonyl (C=O) groups is 1. The maximum Gasteiger partial charge on any atom is 0.259 e. The molecule has 0 spiro atoms. The van der Waals surface area contributed by atoms with Crippen LogP contribution in [0, 0.1) is 5.82 Å². The predicted octanol–water partition coefficient (Wildman–Crippen LogP) is 4.00. The third-order valence-corrected chi connectivity index (χ3v) is 8.13. The lowest BCUT2D eigenvalue weighted by Crippen LogP contribution is -2.46. The fourth-order valence-corrected chi connectivity index (χ4v) is 5.96. The smallest absolute Gasteiger partial charge is 0.259 e. The molecule has 0 atom stereocenters. The molecule has 1 aromatic heterocycles. The van der Waals surface area contributed by atoms with Gasteiger partial charge in [0.15, 0.2) is 17.3 Å². The second kappa shape index (κ2) is 9.36. The van der Waals surface area contributed by atoms with E-state index in [1.807, 2.05) is 45.9 Å². The number of pyridine rings is 1. The number of halogens is 1. The number of hydrogen-bond donors (Lipinski definition) is 0. The van der Waals surface area contributed by atoms with Crippen LogP contribution in [-0.4, -0.2) is 79.3 Å². The molecule has 4 heterocycles. The van der Waals surface area contributed by atoms with E-state index in [1.54, 1.807) is 11.1 Å². The topological polar surface area (TPSA) is 67.2 Å². The van der Waals surface area contributed by atoms with Gasteiger partial charge < -0.3 is 28.7 Å². The van der Waals surface area contributed by atoms with Crippen molar-refractivity contribution >= 4 is 33.3 Å². The summed E-state index contributed by atoms with van der Waals surface area (Å²) in [4.78, 5) is 33.3. The van der Waals surface area contributed by atoms with Gasteiger partial charge in [-0.05, 0) is 35.5 Å². The van der Waals surface area contributed by atoms with Crippen molar-refractivity contribution in [1.29, 1.82) is 0 Å². The normalized spacial score (nSPS) is 17.4. The van der Waals surface area contributed by atoms with Crippen LogP contribution < -0.4 is 15.1 Å². The first kappa shape index (κ1) is 24.1. The van der Waals surface area contributed by atoms with E-state index in [1.165, 1.54) is 6.07 Å². The van der Waals surface area contributed by atoms with Gasteiger partial charge in [-0.1, -0.05) is 31.2 Å². The molecular formula is C30H29FN4O4. The second-order valence-corrected chi connectivity index (χ2v) is 10.3. The molecule has 0 N–H and O–H groups in total. The average molecular weight is 529 g/mol. The van der Waals surface area contributed by atoms with E-state index < -0.39 is 11.2 Å². The molecule has 3 aliphatic heterocycles. The highest BCUT2D eigenvalue weighted by atomic mass is 19.1. The number of morpholine rings is 1. The highest BCUT2D eigenvalue weighted by Gasteiger charge is 2.32. The molecule has 200 valence electrons. The van der Waals surface area contributed by atoms with Crippen LogP contribution in [0.1, 0.15) is 17.3 Å². The number of carbonyl (C=O) groups excluding carboxylic acids is 1. The fourth-order valence-electron chi connectivity index (χ4n) is 5.96. The Hall–Kier alpha value is -3.95. The van der Waals surface area contributed by atoms with E-state index in [9.17, 15) is 9.59 Å². The number of aromatic nitrogens is 1. The molecular weight excluding hydrogens is 499 g/mol. The fraction of sp³-hybridized carbons (Fsp3) is 0.333. The first-order valence-electron chi connectivity index (χ1n) is 13.5. The van der Waals surface area contributed by atoms with Crippen LogP contribution in [0.15, 0.2) is 53.5 Å². The molecule has 2 saturated heterocycles. The highest BCUT2D eigenvalue weighted by molar-refractivity contribution is 6.02. The van der Waals surface area contributed by atoms with Gasteiger partial charge in [0.25, 0.3) is 5.91 Å². The molecule has 8 nitrogen and oxygen atoms in total. The van der Waals surface area contributed by atoms with Crippen LogP contribution in [0.2, 0.25) is 0 Å². The van der Waals surface area contributed by atoms with Crippen molar-refractivity contribution in [3.8, 4) is 17.2 Å². The van der Waals surface area contributed by atoms with Crippen molar-refractivity contribution in [3.05, 3.63) is 70.3 Å². The SMILES string of the molecule is CCN1CCN(c2c(F)cc3c(=O)c(C(=O)N4CCOCC4)cn4c3c2Oc2cc3ccccc3cc2-4)CC1. The summed E-state index contributed by atoms with van der Waals surface area (Å²) >= 11 is 0. The Morgan fingerprint density at radius 1 is 0.974 bits per heavy atom. The van der Waals surface area contributed by atoms with E-state index in [0.29, 0.717) is 67.8 Å². The number of benzene rings is 3. The Morgan fingerprint density at radius 3 is 2.41 bits per heavy atom. The number of likely N-dealkylation sites (N-methyl/N-ethyl adjacent to an activating group) is 1.